The highest BCUT2D eigenvalue weighted by atomic mass is 16.5. The predicted octanol–water partition coefficient (Wildman–Crippen LogP) is 2.86. The van der Waals surface area contributed by atoms with Crippen LogP contribution >= 0.6 is 0 Å². The Hall–Kier alpha value is -4.41. The molecule has 0 radical (unpaired) electrons. The Morgan fingerprint density at radius 2 is 1.86 bits per heavy atom. The van der Waals surface area contributed by atoms with Gasteiger partial charge in [-0.2, -0.15) is 4.68 Å². The van der Waals surface area contributed by atoms with E-state index in [0.717, 1.165) is 0 Å². The second-order valence-electron chi connectivity index (χ2n) is 8.10. The normalized spacial score (nSPS) is 14.5. The van der Waals surface area contributed by atoms with Gasteiger partial charge in [-0.3, -0.25) is 9.59 Å². The molecular formula is C25H29N7O4. The lowest BCUT2D eigenvalue weighted by molar-refractivity contribution is -0.133. The van der Waals surface area contributed by atoms with Gasteiger partial charge >= 0.3 is 0 Å². The minimum atomic E-state index is -0.625. The quantitative estimate of drug-likeness (QED) is 0.468. The Kier molecular flexibility index (Phi) is 7.47. The number of benzene rings is 2. The molecule has 1 aliphatic rings. The summed E-state index contributed by atoms with van der Waals surface area (Å²) in [5.74, 6) is 0.859. The summed E-state index contributed by atoms with van der Waals surface area (Å²) in [6, 6.07) is 13.9. The molecule has 11 heteroatoms. The molecule has 2 N–H and O–H groups in total. The van der Waals surface area contributed by atoms with Gasteiger partial charge in [-0.25, -0.2) is 0 Å². The third-order valence-corrected chi connectivity index (χ3v) is 5.96. The zero-order chi connectivity index (χ0) is 25.7. The van der Waals surface area contributed by atoms with Gasteiger partial charge in [-0.15, -0.1) is 0 Å². The second-order valence-corrected chi connectivity index (χ2v) is 8.10. The summed E-state index contributed by atoms with van der Waals surface area (Å²) in [5, 5.41) is 18.0. The highest BCUT2D eigenvalue weighted by molar-refractivity contribution is 6.06. The highest BCUT2D eigenvalue weighted by Gasteiger charge is 2.34. The first-order chi connectivity index (χ1) is 17.5. The summed E-state index contributed by atoms with van der Waals surface area (Å²) in [6.45, 7) is 6.76. The van der Waals surface area contributed by atoms with Gasteiger partial charge in [0.2, 0.25) is 5.95 Å². The van der Waals surface area contributed by atoms with E-state index in [1.54, 1.807) is 28.6 Å². The molecule has 2 amide bonds. The molecule has 0 bridgehead atoms. The number of allylic oxidation sites excluding steroid dienone is 1. The number of anilines is 2. The van der Waals surface area contributed by atoms with Crippen molar-refractivity contribution in [1.29, 1.82) is 0 Å². The molecule has 0 fully saturated rings. The van der Waals surface area contributed by atoms with Crippen LogP contribution in [-0.4, -0.2) is 63.7 Å². The van der Waals surface area contributed by atoms with Crippen LogP contribution in [0.1, 0.15) is 32.4 Å². The number of aromatic nitrogens is 4. The van der Waals surface area contributed by atoms with E-state index in [1.807, 2.05) is 50.2 Å². The van der Waals surface area contributed by atoms with Crippen LogP contribution in [0.15, 0.2) is 59.8 Å². The number of hydrogen-bond acceptors (Lipinski definition) is 8. The third kappa shape index (κ3) is 4.99. The van der Waals surface area contributed by atoms with E-state index in [1.165, 1.54) is 7.11 Å². The number of methoxy groups -OCH3 is 1. The Morgan fingerprint density at radius 3 is 2.56 bits per heavy atom. The van der Waals surface area contributed by atoms with Crippen LogP contribution < -0.4 is 20.1 Å². The molecule has 2 heterocycles. The molecule has 4 rings (SSSR count). The largest absolute Gasteiger partial charge is 0.493 e. The summed E-state index contributed by atoms with van der Waals surface area (Å²) in [7, 11) is 1.52. The number of nitrogens with one attached hydrogen (secondary N) is 2. The molecule has 1 aliphatic heterocycles. The Bertz CT molecular complexity index is 1270. The van der Waals surface area contributed by atoms with E-state index in [9.17, 15) is 9.59 Å². The summed E-state index contributed by atoms with van der Waals surface area (Å²) in [5.41, 5.74) is 2.45. The smallest absolute Gasteiger partial charge is 0.260 e. The predicted molar refractivity (Wildman–Crippen MR) is 134 cm³/mol. The fraction of sp³-hybridized carbons (Fsp3) is 0.320. The molecule has 2 aromatic carbocycles. The average Bonchev–Trinajstić information content (AvgIpc) is 3.35. The molecule has 1 atom stereocenters. The number of hydrogen-bond donors (Lipinski definition) is 2. The molecule has 0 aliphatic carbocycles. The highest BCUT2D eigenvalue weighted by Crippen LogP contribution is 2.38. The Morgan fingerprint density at radius 1 is 1.11 bits per heavy atom. The van der Waals surface area contributed by atoms with E-state index in [2.05, 4.69) is 26.2 Å². The molecule has 3 aromatic rings. The Labute approximate surface area is 209 Å². The van der Waals surface area contributed by atoms with Crippen molar-refractivity contribution in [3.63, 3.8) is 0 Å². The number of amides is 2. The van der Waals surface area contributed by atoms with Crippen LogP contribution in [0.4, 0.5) is 11.6 Å². The van der Waals surface area contributed by atoms with E-state index >= 15 is 0 Å². The maximum atomic E-state index is 13.4. The van der Waals surface area contributed by atoms with Gasteiger partial charge in [-0.05, 0) is 61.0 Å². The van der Waals surface area contributed by atoms with Crippen molar-refractivity contribution in [3.05, 3.63) is 65.4 Å². The van der Waals surface area contributed by atoms with E-state index in [0.29, 0.717) is 53.1 Å². The number of rotatable bonds is 9. The minimum Gasteiger partial charge on any atom is -0.493 e. The van der Waals surface area contributed by atoms with Gasteiger partial charge in [0.05, 0.1) is 12.7 Å². The van der Waals surface area contributed by atoms with Crippen LogP contribution in [0, 0.1) is 0 Å². The summed E-state index contributed by atoms with van der Waals surface area (Å²) in [6.07, 6.45) is 0. The zero-order valence-corrected chi connectivity index (χ0v) is 20.7. The van der Waals surface area contributed by atoms with Crippen LogP contribution in [-0.2, 0) is 9.59 Å². The van der Waals surface area contributed by atoms with Gasteiger partial charge in [0.1, 0.15) is 6.04 Å². The third-order valence-electron chi connectivity index (χ3n) is 5.96. The van der Waals surface area contributed by atoms with Crippen molar-refractivity contribution >= 4 is 23.5 Å². The zero-order valence-electron chi connectivity index (χ0n) is 20.7. The van der Waals surface area contributed by atoms with E-state index in [4.69, 9.17) is 9.47 Å². The lowest BCUT2D eigenvalue weighted by atomic mass is 9.94. The van der Waals surface area contributed by atoms with E-state index in [-0.39, 0.29) is 18.4 Å². The van der Waals surface area contributed by atoms with E-state index < -0.39 is 6.04 Å². The first-order valence-corrected chi connectivity index (χ1v) is 11.7. The number of tetrazole rings is 1. The van der Waals surface area contributed by atoms with Gasteiger partial charge in [0, 0.05) is 24.5 Å². The van der Waals surface area contributed by atoms with Gasteiger partial charge in [0.15, 0.2) is 18.1 Å². The SMILES string of the molecule is CCN(CC)C(=O)COc1ccc(C2C(C(=O)Nc3ccccc3)=C(C)Nc3nnnn32)cc1OC. The van der Waals surface area contributed by atoms with Crippen molar-refractivity contribution in [2.45, 2.75) is 26.8 Å². The van der Waals surface area contributed by atoms with Crippen molar-refractivity contribution in [2.75, 3.05) is 37.4 Å². The van der Waals surface area contributed by atoms with Crippen molar-refractivity contribution in [2.24, 2.45) is 0 Å². The average molecular weight is 492 g/mol. The minimum absolute atomic E-state index is 0.106. The van der Waals surface area contributed by atoms with Crippen molar-refractivity contribution < 1.29 is 19.1 Å². The monoisotopic (exact) mass is 491 g/mol. The molecule has 0 saturated carbocycles. The topological polar surface area (TPSA) is 124 Å². The molecule has 1 unspecified atom stereocenters. The summed E-state index contributed by atoms with van der Waals surface area (Å²) < 4.78 is 12.9. The fourth-order valence-electron chi connectivity index (χ4n) is 4.12. The molecular weight excluding hydrogens is 462 g/mol. The maximum absolute atomic E-state index is 13.4. The first kappa shape index (κ1) is 24.7. The van der Waals surface area contributed by atoms with Crippen LogP contribution in [0.2, 0.25) is 0 Å². The van der Waals surface area contributed by atoms with Gasteiger partial charge in [-0.1, -0.05) is 29.4 Å². The molecule has 0 saturated heterocycles. The van der Waals surface area contributed by atoms with Crippen molar-refractivity contribution in [3.8, 4) is 11.5 Å². The second kappa shape index (κ2) is 10.9. The standard InChI is InChI=1S/C25H29N7O4/c1-5-31(6-2)21(33)15-36-19-13-12-17(14-20(19)35-4)23-22(16(3)26-25-28-29-30-32(23)25)24(34)27-18-10-8-7-9-11-18/h7-14,23H,5-6,15H2,1-4H3,(H,27,34)(H,26,28,30). The summed E-state index contributed by atoms with van der Waals surface area (Å²) >= 11 is 0. The maximum Gasteiger partial charge on any atom is 0.260 e. The number of fused-ring (bicyclic) bond motifs is 1. The lowest BCUT2D eigenvalue weighted by Crippen LogP contribution is -2.34. The first-order valence-electron chi connectivity index (χ1n) is 11.7. The molecule has 36 heavy (non-hydrogen) atoms. The number of carbonyl (C=O) groups is 2. The van der Waals surface area contributed by atoms with Crippen LogP contribution in [0.3, 0.4) is 0 Å². The number of likely N-dealkylation sites (N-methyl/N-ethyl adjacent to an activating group) is 1. The van der Waals surface area contributed by atoms with Crippen LogP contribution in [0.5, 0.6) is 11.5 Å². The number of carbonyl (C=O) groups excluding carboxylic acids is 2. The van der Waals surface area contributed by atoms with Gasteiger partial charge in [0.25, 0.3) is 11.8 Å². The summed E-state index contributed by atoms with van der Waals surface area (Å²) in [4.78, 5) is 27.5. The van der Waals surface area contributed by atoms with Gasteiger partial charge < -0.3 is 25.0 Å². The molecule has 1 aromatic heterocycles. The number of nitrogens with zero attached hydrogens (tertiary/aromatic N) is 5. The van der Waals surface area contributed by atoms with Crippen LogP contribution in [0.25, 0.3) is 0 Å². The number of para-hydroxylation sites is 1. The molecule has 188 valence electrons. The number of ether oxygens (including phenoxy) is 2. The van der Waals surface area contributed by atoms with Crippen molar-refractivity contribution in [1.82, 2.24) is 25.1 Å². The lowest BCUT2D eigenvalue weighted by Gasteiger charge is -2.28. The fourth-order valence-corrected chi connectivity index (χ4v) is 4.12. The molecule has 0 spiro atoms. The Balaban J connectivity index is 1.66. The molecule has 11 nitrogen and oxygen atoms in total.